The molecule has 0 unspecified atom stereocenters. The number of fused-ring (bicyclic) bond motifs is 2. The van der Waals surface area contributed by atoms with E-state index in [2.05, 4.69) is 28.5 Å². The first-order chi connectivity index (χ1) is 14.8. The van der Waals surface area contributed by atoms with Crippen molar-refractivity contribution in [1.82, 2.24) is 20.2 Å². The van der Waals surface area contributed by atoms with Gasteiger partial charge in [-0.05, 0) is 36.8 Å². The van der Waals surface area contributed by atoms with Crippen molar-refractivity contribution in [3.63, 3.8) is 0 Å². The van der Waals surface area contributed by atoms with Crippen LogP contribution in [0.3, 0.4) is 0 Å². The van der Waals surface area contributed by atoms with Crippen molar-refractivity contribution in [1.29, 1.82) is 0 Å². The van der Waals surface area contributed by atoms with Crippen molar-refractivity contribution in [2.24, 2.45) is 0 Å². The summed E-state index contributed by atoms with van der Waals surface area (Å²) in [4.78, 5) is 9.58. The van der Waals surface area contributed by atoms with Gasteiger partial charge in [-0.3, -0.25) is 5.10 Å². The molecule has 0 spiro atoms. The summed E-state index contributed by atoms with van der Waals surface area (Å²) in [6.45, 7) is 6.12. The first-order valence-electron chi connectivity index (χ1n) is 10.4. The third-order valence-corrected chi connectivity index (χ3v) is 4.88. The Hall–Kier alpha value is -3.73. The lowest BCUT2D eigenvalue weighted by atomic mass is 10.1. The molecule has 0 aliphatic carbocycles. The molecule has 5 nitrogen and oxygen atoms in total. The molecular weight excluding hydrogens is 370 g/mol. The molecule has 150 valence electrons. The topological polar surface area (TPSA) is 66.5 Å². The maximum atomic E-state index is 4.83. The maximum absolute atomic E-state index is 4.83. The standard InChI is InChI=1S/C23H19N5.C2H6/c1-2-19-18-14-16(12-13-21(18)28-27-19)24-23-17-10-6-7-11-20(17)25-22(26-23)15-8-4-3-5-9-15;1-2/h3-14H,2H2,1H3,(H,27,28)(H,24,25,26);1-2H3. The molecule has 0 aliphatic heterocycles. The number of anilines is 2. The van der Waals surface area contributed by atoms with E-state index >= 15 is 0 Å². The Kier molecular flexibility index (Phi) is 5.70. The molecule has 0 atom stereocenters. The Morgan fingerprint density at radius 3 is 2.37 bits per heavy atom. The van der Waals surface area contributed by atoms with Gasteiger partial charge in [-0.2, -0.15) is 5.10 Å². The second-order valence-electron chi connectivity index (χ2n) is 6.69. The van der Waals surface area contributed by atoms with E-state index in [-0.39, 0.29) is 0 Å². The summed E-state index contributed by atoms with van der Waals surface area (Å²) in [6.07, 6.45) is 0.911. The molecule has 0 amide bonds. The van der Waals surface area contributed by atoms with Gasteiger partial charge in [0, 0.05) is 27.7 Å². The average Bonchev–Trinajstić information content (AvgIpc) is 3.23. The molecule has 0 aliphatic rings. The van der Waals surface area contributed by atoms with Crippen molar-refractivity contribution in [3.8, 4) is 11.4 Å². The highest BCUT2D eigenvalue weighted by molar-refractivity contribution is 5.93. The van der Waals surface area contributed by atoms with Crippen molar-refractivity contribution in [2.45, 2.75) is 27.2 Å². The van der Waals surface area contributed by atoms with Crippen molar-refractivity contribution < 1.29 is 0 Å². The number of rotatable bonds is 4. The summed E-state index contributed by atoms with van der Waals surface area (Å²) in [6, 6.07) is 24.3. The predicted octanol–water partition coefficient (Wildman–Crippen LogP) is 6.51. The van der Waals surface area contributed by atoms with E-state index in [1.165, 1.54) is 0 Å². The zero-order valence-corrected chi connectivity index (χ0v) is 17.5. The van der Waals surface area contributed by atoms with Gasteiger partial charge in [0.15, 0.2) is 5.82 Å². The van der Waals surface area contributed by atoms with E-state index in [0.29, 0.717) is 5.82 Å². The molecule has 5 aromatic rings. The van der Waals surface area contributed by atoms with Crippen LogP contribution in [0, 0.1) is 0 Å². The Bertz CT molecular complexity index is 1270. The molecule has 2 aromatic heterocycles. The highest BCUT2D eigenvalue weighted by Crippen LogP contribution is 2.29. The molecule has 0 radical (unpaired) electrons. The fourth-order valence-corrected chi connectivity index (χ4v) is 3.44. The second-order valence-corrected chi connectivity index (χ2v) is 6.69. The van der Waals surface area contributed by atoms with E-state index in [4.69, 9.17) is 9.97 Å². The highest BCUT2D eigenvalue weighted by Gasteiger charge is 2.11. The molecule has 2 N–H and O–H groups in total. The van der Waals surface area contributed by atoms with Crippen LogP contribution in [0.5, 0.6) is 0 Å². The van der Waals surface area contributed by atoms with Gasteiger partial charge < -0.3 is 5.32 Å². The van der Waals surface area contributed by atoms with Gasteiger partial charge in [0.1, 0.15) is 5.82 Å². The molecule has 0 saturated heterocycles. The molecular formula is C25H25N5. The number of hydrogen-bond acceptors (Lipinski definition) is 4. The van der Waals surface area contributed by atoms with Gasteiger partial charge in [-0.25, -0.2) is 9.97 Å². The van der Waals surface area contributed by atoms with Crippen LogP contribution in [0.4, 0.5) is 11.5 Å². The third-order valence-electron chi connectivity index (χ3n) is 4.88. The normalized spacial score (nSPS) is 10.6. The third kappa shape index (κ3) is 3.74. The molecule has 5 rings (SSSR count). The number of H-pyrrole nitrogens is 1. The Morgan fingerprint density at radius 1 is 0.800 bits per heavy atom. The van der Waals surface area contributed by atoms with Crippen molar-refractivity contribution in [3.05, 3.63) is 78.5 Å². The Morgan fingerprint density at radius 2 is 1.57 bits per heavy atom. The number of aromatic nitrogens is 4. The van der Waals surface area contributed by atoms with Crippen molar-refractivity contribution in [2.75, 3.05) is 5.32 Å². The van der Waals surface area contributed by atoms with E-state index in [9.17, 15) is 0 Å². The molecule has 3 aromatic carbocycles. The lowest BCUT2D eigenvalue weighted by molar-refractivity contribution is 0.988. The minimum absolute atomic E-state index is 0.709. The van der Waals surface area contributed by atoms with Crippen molar-refractivity contribution >= 4 is 33.3 Å². The Balaban J connectivity index is 0.00000106. The highest BCUT2D eigenvalue weighted by atomic mass is 15.1. The monoisotopic (exact) mass is 395 g/mol. The van der Waals surface area contributed by atoms with Gasteiger partial charge in [0.05, 0.1) is 11.0 Å². The quantitative estimate of drug-likeness (QED) is 0.364. The molecule has 0 fully saturated rings. The fraction of sp³-hybridized carbons (Fsp3) is 0.160. The lowest BCUT2D eigenvalue weighted by Gasteiger charge is -2.11. The summed E-state index contributed by atoms with van der Waals surface area (Å²) < 4.78 is 0. The summed E-state index contributed by atoms with van der Waals surface area (Å²) in [7, 11) is 0. The van der Waals surface area contributed by atoms with E-state index in [0.717, 1.165) is 51.0 Å². The van der Waals surface area contributed by atoms with Crippen LogP contribution in [0.2, 0.25) is 0 Å². The van der Waals surface area contributed by atoms with Crippen LogP contribution in [-0.2, 0) is 6.42 Å². The van der Waals surface area contributed by atoms with Gasteiger partial charge in [-0.1, -0.05) is 63.2 Å². The second kappa shape index (κ2) is 8.74. The van der Waals surface area contributed by atoms with Crippen LogP contribution in [0.25, 0.3) is 33.2 Å². The smallest absolute Gasteiger partial charge is 0.162 e. The zero-order chi connectivity index (χ0) is 20.9. The van der Waals surface area contributed by atoms with Gasteiger partial charge in [-0.15, -0.1) is 0 Å². The number of nitrogens with zero attached hydrogens (tertiary/aromatic N) is 3. The molecule has 30 heavy (non-hydrogen) atoms. The van der Waals surface area contributed by atoms with Crippen LogP contribution in [-0.4, -0.2) is 20.2 Å². The van der Waals surface area contributed by atoms with Crippen LogP contribution < -0.4 is 5.32 Å². The van der Waals surface area contributed by atoms with E-state index in [1.807, 2.05) is 80.6 Å². The van der Waals surface area contributed by atoms with Gasteiger partial charge >= 0.3 is 0 Å². The summed E-state index contributed by atoms with van der Waals surface area (Å²) in [5, 5.41) is 13.1. The summed E-state index contributed by atoms with van der Waals surface area (Å²) in [5.74, 6) is 1.51. The minimum atomic E-state index is 0.709. The maximum Gasteiger partial charge on any atom is 0.162 e. The minimum Gasteiger partial charge on any atom is -0.340 e. The Labute approximate surface area is 176 Å². The van der Waals surface area contributed by atoms with Gasteiger partial charge in [0.2, 0.25) is 0 Å². The molecule has 5 heteroatoms. The predicted molar refractivity (Wildman–Crippen MR) is 125 cm³/mol. The van der Waals surface area contributed by atoms with Crippen LogP contribution >= 0.6 is 0 Å². The number of hydrogen-bond donors (Lipinski definition) is 2. The average molecular weight is 396 g/mol. The first-order valence-corrected chi connectivity index (χ1v) is 10.4. The first kappa shape index (κ1) is 19.6. The number of para-hydroxylation sites is 1. The summed E-state index contributed by atoms with van der Waals surface area (Å²) >= 11 is 0. The number of benzene rings is 3. The molecule has 2 heterocycles. The molecule has 0 bridgehead atoms. The van der Waals surface area contributed by atoms with Crippen LogP contribution in [0.15, 0.2) is 72.8 Å². The number of aryl methyl sites for hydroxylation is 1. The van der Waals surface area contributed by atoms with E-state index < -0.39 is 0 Å². The molecule has 0 saturated carbocycles. The summed E-state index contributed by atoms with van der Waals surface area (Å²) in [5.41, 5.74) is 5.00. The largest absolute Gasteiger partial charge is 0.340 e. The zero-order valence-electron chi connectivity index (χ0n) is 17.5. The van der Waals surface area contributed by atoms with Gasteiger partial charge in [0.25, 0.3) is 0 Å². The number of aromatic amines is 1. The lowest BCUT2D eigenvalue weighted by Crippen LogP contribution is -1.99. The van der Waals surface area contributed by atoms with Crippen LogP contribution in [0.1, 0.15) is 26.5 Å². The number of nitrogens with one attached hydrogen (secondary N) is 2. The van der Waals surface area contributed by atoms with E-state index in [1.54, 1.807) is 0 Å². The SMILES string of the molecule is CC.CCc1[nH]nc2ccc(Nc3nc(-c4ccccc4)nc4ccccc34)cc12. The fourth-order valence-electron chi connectivity index (χ4n) is 3.44.